The first-order valence-electron chi connectivity index (χ1n) is 4.98. The van der Waals surface area contributed by atoms with E-state index in [9.17, 15) is 9.59 Å². The van der Waals surface area contributed by atoms with Gasteiger partial charge >= 0.3 is 11.9 Å². The van der Waals surface area contributed by atoms with Crippen molar-refractivity contribution in [2.45, 2.75) is 31.9 Å². The minimum atomic E-state index is -0.262. The maximum absolute atomic E-state index is 11.2. The summed E-state index contributed by atoms with van der Waals surface area (Å²) in [6.07, 6.45) is 1.19. The fourth-order valence-electron chi connectivity index (χ4n) is 0.972. The van der Waals surface area contributed by atoms with Gasteiger partial charge in [0.25, 0.3) is 0 Å². The molecule has 1 unspecified atom stereocenters. The summed E-state index contributed by atoms with van der Waals surface area (Å²) >= 11 is 1.43. The van der Waals surface area contributed by atoms with Crippen molar-refractivity contribution in [1.82, 2.24) is 0 Å². The summed E-state index contributed by atoms with van der Waals surface area (Å²) in [4.78, 5) is 22.1. The summed E-state index contributed by atoms with van der Waals surface area (Å²) in [7, 11) is 1.36. The van der Waals surface area contributed by atoms with Crippen LogP contribution in [-0.4, -0.2) is 36.7 Å². The Morgan fingerprint density at radius 1 is 1.27 bits per heavy atom. The summed E-state index contributed by atoms with van der Waals surface area (Å²) in [6.45, 7) is 4.16. The summed E-state index contributed by atoms with van der Waals surface area (Å²) in [5.74, 6) is -0.182. The van der Waals surface area contributed by atoms with Gasteiger partial charge in [-0.05, 0) is 13.3 Å². The van der Waals surface area contributed by atoms with Gasteiger partial charge in [0.1, 0.15) is 0 Å². The van der Waals surface area contributed by atoms with E-state index in [1.54, 1.807) is 6.92 Å². The van der Waals surface area contributed by atoms with Crippen LogP contribution in [0, 0.1) is 0 Å². The molecule has 0 aromatic carbocycles. The molecule has 0 amide bonds. The second-order valence-corrected chi connectivity index (χ2v) is 4.22. The molecule has 0 bridgehead atoms. The molecule has 0 fully saturated rings. The van der Waals surface area contributed by atoms with Crippen molar-refractivity contribution in [2.24, 2.45) is 0 Å². The fraction of sp³-hybridized carbons (Fsp3) is 0.800. The summed E-state index contributed by atoms with van der Waals surface area (Å²) in [5, 5.41) is 0.128. The highest BCUT2D eigenvalue weighted by molar-refractivity contribution is 8.00. The lowest BCUT2D eigenvalue weighted by Gasteiger charge is -2.12. The molecule has 0 radical (unpaired) electrons. The van der Waals surface area contributed by atoms with E-state index in [0.717, 1.165) is 6.42 Å². The monoisotopic (exact) mass is 234 g/mol. The van der Waals surface area contributed by atoms with Crippen LogP contribution in [0.3, 0.4) is 0 Å². The first kappa shape index (κ1) is 14.3. The van der Waals surface area contributed by atoms with Crippen LogP contribution in [-0.2, 0) is 19.1 Å². The lowest BCUT2D eigenvalue weighted by molar-refractivity contribution is -0.143. The molecule has 88 valence electrons. The Bertz CT molecular complexity index is 206. The number of hydrogen-bond acceptors (Lipinski definition) is 5. The predicted octanol–water partition coefficient (Wildman–Crippen LogP) is 1.62. The topological polar surface area (TPSA) is 52.6 Å². The third-order valence-corrected chi connectivity index (χ3v) is 3.19. The summed E-state index contributed by atoms with van der Waals surface area (Å²) in [6, 6.07) is 0. The van der Waals surface area contributed by atoms with Gasteiger partial charge in [0.2, 0.25) is 0 Å². The molecule has 0 saturated heterocycles. The van der Waals surface area contributed by atoms with Crippen LogP contribution < -0.4 is 0 Å². The van der Waals surface area contributed by atoms with E-state index < -0.39 is 0 Å². The fourth-order valence-corrected chi connectivity index (χ4v) is 1.95. The van der Waals surface area contributed by atoms with E-state index in [1.807, 2.05) is 6.92 Å². The molecule has 5 heteroatoms. The average Bonchev–Trinajstić information content (AvgIpc) is 2.23. The molecule has 0 aromatic heterocycles. The lowest BCUT2D eigenvalue weighted by Crippen LogP contribution is -2.15. The standard InChI is InChI=1S/C10H18O4S/c1-4-8(6-9(11)14-5-2)15-7-10(12)13-3/h8H,4-7H2,1-3H3. The van der Waals surface area contributed by atoms with Crippen LogP contribution in [0.15, 0.2) is 0 Å². The Hall–Kier alpha value is -0.710. The normalized spacial score (nSPS) is 11.9. The van der Waals surface area contributed by atoms with Gasteiger partial charge in [-0.2, -0.15) is 0 Å². The molecule has 0 N–H and O–H groups in total. The van der Waals surface area contributed by atoms with Crippen molar-refractivity contribution < 1.29 is 19.1 Å². The van der Waals surface area contributed by atoms with E-state index >= 15 is 0 Å². The van der Waals surface area contributed by atoms with Gasteiger partial charge in [-0.25, -0.2) is 0 Å². The molecular formula is C10H18O4S. The van der Waals surface area contributed by atoms with Crippen molar-refractivity contribution in [2.75, 3.05) is 19.5 Å². The Kier molecular flexibility index (Phi) is 8.18. The van der Waals surface area contributed by atoms with Crippen molar-refractivity contribution >= 4 is 23.7 Å². The van der Waals surface area contributed by atoms with E-state index in [4.69, 9.17) is 4.74 Å². The van der Waals surface area contributed by atoms with Crippen LogP contribution in [0.25, 0.3) is 0 Å². The van der Waals surface area contributed by atoms with Gasteiger partial charge in [0, 0.05) is 5.25 Å². The minimum Gasteiger partial charge on any atom is -0.468 e. The quantitative estimate of drug-likeness (QED) is 0.627. The molecule has 0 saturated carbocycles. The molecule has 1 atom stereocenters. The van der Waals surface area contributed by atoms with Crippen molar-refractivity contribution in [3.05, 3.63) is 0 Å². The first-order chi connectivity index (χ1) is 7.13. The Morgan fingerprint density at radius 2 is 1.93 bits per heavy atom. The third kappa shape index (κ3) is 7.25. The van der Waals surface area contributed by atoms with Gasteiger partial charge in [0.15, 0.2) is 0 Å². The number of hydrogen-bond donors (Lipinski definition) is 0. The van der Waals surface area contributed by atoms with Crippen LogP contribution in [0.1, 0.15) is 26.7 Å². The maximum atomic E-state index is 11.2. The molecule has 0 rings (SSSR count). The van der Waals surface area contributed by atoms with Gasteiger partial charge in [-0.1, -0.05) is 6.92 Å². The van der Waals surface area contributed by atoms with E-state index in [-0.39, 0.29) is 22.9 Å². The Labute approximate surface area is 94.7 Å². The van der Waals surface area contributed by atoms with E-state index in [0.29, 0.717) is 13.0 Å². The number of thioether (sulfide) groups is 1. The number of methoxy groups -OCH3 is 1. The second-order valence-electron chi connectivity index (χ2n) is 2.93. The van der Waals surface area contributed by atoms with E-state index in [1.165, 1.54) is 18.9 Å². The zero-order chi connectivity index (χ0) is 11.7. The second kappa shape index (κ2) is 8.59. The van der Waals surface area contributed by atoms with Gasteiger partial charge in [-0.15, -0.1) is 11.8 Å². The predicted molar refractivity (Wildman–Crippen MR) is 59.8 cm³/mol. The molecular weight excluding hydrogens is 216 g/mol. The van der Waals surface area contributed by atoms with Crippen LogP contribution in [0.5, 0.6) is 0 Å². The highest BCUT2D eigenvalue weighted by Gasteiger charge is 2.15. The molecule has 0 spiro atoms. The molecule has 0 aliphatic rings. The number of carbonyl (C=O) groups excluding carboxylic acids is 2. The molecule has 0 heterocycles. The Morgan fingerprint density at radius 3 is 2.40 bits per heavy atom. The average molecular weight is 234 g/mol. The van der Waals surface area contributed by atoms with Crippen molar-refractivity contribution in [3.63, 3.8) is 0 Å². The van der Waals surface area contributed by atoms with Crippen LogP contribution in [0.4, 0.5) is 0 Å². The highest BCUT2D eigenvalue weighted by atomic mass is 32.2. The third-order valence-electron chi connectivity index (χ3n) is 1.82. The van der Waals surface area contributed by atoms with Gasteiger partial charge < -0.3 is 9.47 Å². The molecule has 0 aromatic rings. The zero-order valence-corrected chi connectivity index (χ0v) is 10.3. The molecule has 15 heavy (non-hydrogen) atoms. The smallest absolute Gasteiger partial charge is 0.315 e. The van der Waals surface area contributed by atoms with E-state index in [2.05, 4.69) is 4.74 Å². The van der Waals surface area contributed by atoms with Gasteiger partial charge in [-0.3, -0.25) is 9.59 Å². The molecule has 0 aliphatic carbocycles. The Balaban J connectivity index is 3.82. The zero-order valence-electron chi connectivity index (χ0n) is 9.45. The number of carbonyl (C=O) groups is 2. The van der Waals surface area contributed by atoms with Gasteiger partial charge in [0.05, 0.1) is 25.9 Å². The molecule has 0 aliphatic heterocycles. The maximum Gasteiger partial charge on any atom is 0.315 e. The lowest BCUT2D eigenvalue weighted by atomic mass is 10.2. The molecule has 4 nitrogen and oxygen atoms in total. The highest BCUT2D eigenvalue weighted by Crippen LogP contribution is 2.18. The number of ether oxygens (including phenoxy) is 2. The van der Waals surface area contributed by atoms with Crippen molar-refractivity contribution in [3.8, 4) is 0 Å². The first-order valence-corrected chi connectivity index (χ1v) is 6.02. The number of rotatable bonds is 7. The SMILES string of the molecule is CCOC(=O)CC(CC)SCC(=O)OC. The minimum absolute atomic E-state index is 0.128. The largest absolute Gasteiger partial charge is 0.468 e. The summed E-state index contributed by atoms with van der Waals surface area (Å²) in [5.41, 5.74) is 0. The summed E-state index contributed by atoms with van der Waals surface area (Å²) < 4.78 is 9.36. The van der Waals surface area contributed by atoms with Crippen LogP contribution >= 0.6 is 11.8 Å². The number of esters is 2. The van der Waals surface area contributed by atoms with Crippen molar-refractivity contribution in [1.29, 1.82) is 0 Å². The van der Waals surface area contributed by atoms with Crippen LogP contribution in [0.2, 0.25) is 0 Å².